The number of nitrogens with zero attached hydrogens (tertiary/aromatic N) is 2. The molecule has 0 amide bonds. The van der Waals surface area contributed by atoms with Crippen LogP contribution in [0.4, 0.5) is 18.9 Å². The van der Waals surface area contributed by atoms with Gasteiger partial charge >= 0.3 is 0 Å². The van der Waals surface area contributed by atoms with Crippen LogP contribution in [0.1, 0.15) is 23.2 Å². The largest absolute Gasteiger partial charge is 0.381 e. The lowest BCUT2D eigenvalue weighted by atomic mass is 10.0. The number of likely N-dealkylation sites (tertiary alicyclic amines) is 1. The number of halogens is 3. The van der Waals surface area contributed by atoms with Crippen LogP contribution < -0.4 is 5.32 Å². The van der Waals surface area contributed by atoms with Crippen LogP contribution >= 0.6 is 11.5 Å². The van der Waals surface area contributed by atoms with Crippen molar-refractivity contribution in [1.82, 2.24) is 9.27 Å². The highest BCUT2D eigenvalue weighted by Crippen LogP contribution is 2.27. The Kier molecular flexibility index (Phi) is 6.31. The quantitative estimate of drug-likeness (QED) is 0.534. The Bertz CT molecular complexity index is 1160. The zero-order chi connectivity index (χ0) is 22.0. The Labute approximate surface area is 182 Å². The molecule has 0 radical (unpaired) electrons. The van der Waals surface area contributed by atoms with Gasteiger partial charge < -0.3 is 5.32 Å². The Morgan fingerprint density at radius 3 is 2.42 bits per heavy atom. The molecule has 1 N–H and O–H groups in total. The maximum atomic E-state index is 14.6. The molecule has 2 heterocycles. The second-order valence-corrected chi connectivity index (χ2v) is 9.97. The number of rotatable bonds is 8. The zero-order valence-corrected chi connectivity index (χ0v) is 18.1. The average molecular weight is 468 g/mol. The minimum Gasteiger partial charge on any atom is -0.381 e. The Morgan fingerprint density at radius 1 is 1.06 bits per heavy atom. The number of hydrogen-bond acceptors (Lipinski definition) is 6. The molecule has 1 aliphatic rings. The molecule has 1 aromatic heterocycles. The van der Waals surface area contributed by atoms with Gasteiger partial charge in [0.25, 0.3) is 0 Å². The van der Waals surface area contributed by atoms with E-state index in [1.54, 1.807) is 11.4 Å². The van der Waals surface area contributed by atoms with Gasteiger partial charge in [0.05, 0.1) is 11.4 Å². The molecular weight excluding hydrogens is 447 g/mol. The lowest BCUT2D eigenvalue weighted by molar-refractivity contribution is 0.172. The van der Waals surface area contributed by atoms with Crippen LogP contribution in [0.25, 0.3) is 0 Å². The third-order valence-corrected chi connectivity index (χ3v) is 7.45. The molecule has 1 saturated heterocycles. The van der Waals surface area contributed by atoms with Crippen molar-refractivity contribution in [2.45, 2.75) is 30.2 Å². The first-order chi connectivity index (χ1) is 14.8. The van der Waals surface area contributed by atoms with Gasteiger partial charge in [-0.2, -0.15) is 4.37 Å². The molecule has 0 spiro atoms. The topological polar surface area (TPSA) is 62.3 Å². The molecule has 1 fully saturated rings. The van der Waals surface area contributed by atoms with Gasteiger partial charge in [0.2, 0.25) is 0 Å². The normalized spacial score (nSPS) is 14.4. The SMILES string of the molecule is O=S(=O)(Cc1ccsn1)c1c(F)cc(NCc2c(F)cccc2CN2CCC2)cc1F. The summed E-state index contributed by atoms with van der Waals surface area (Å²) in [6.45, 7) is 2.53. The van der Waals surface area contributed by atoms with Crippen LogP contribution in [-0.4, -0.2) is 30.8 Å². The summed E-state index contributed by atoms with van der Waals surface area (Å²) in [7, 11) is -4.25. The maximum absolute atomic E-state index is 14.6. The summed E-state index contributed by atoms with van der Waals surface area (Å²) in [6.07, 6.45) is 1.11. The summed E-state index contributed by atoms with van der Waals surface area (Å²) in [6, 6.07) is 8.11. The fourth-order valence-corrected chi connectivity index (χ4v) is 5.49. The molecule has 1 aliphatic heterocycles. The lowest BCUT2D eigenvalue weighted by Gasteiger charge is -2.31. The van der Waals surface area contributed by atoms with E-state index in [1.807, 2.05) is 6.07 Å². The van der Waals surface area contributed by atoms with Gasteiger partial charge in [0, 0.05) is 29.7 Å². The molecule has 0 bridgehead atoms. The van der Waals surface area contributed by atoms with E-state index in [9.17, 15) is 21.6 Å². The van der Waals surface area contributed by atoms with E-state index in [0.29, 0.717) is 12.1 Å². The molecule has 0 atom stereocenters. The average Bonchev–Trinajstić information content (AvgIpc) is 3.15. The molecule has 10 heteroatoms. The zero-order valence-electron chi connectivity index (χ0n) is 16.4. The van der Waals surface area contributed by atoms with Gasteiger partial charge in [0.15, 0.2) is 9.84 Å². The molecule has 2 aromatic carbocycles. The molecule has 4 rings (SSSR count). The number of hydrogen-bond donors (Lipinski definition) is 1. The summed E-state index contributed by atoms with van der Waals surface area (Å²) in [5, 5.41) is 4.40. The monoisotopic (exact) mass is 467 g/mol. The Morgan fingerprint density at radius 2 is 1.81 bits per heavy atom. The van der Waals surface area contributed by atoms with Crippen LogP contribution in [0.2, 0.25) is 0 Å². The van der Waals surface area contributed by atoms with Crippen LogP contribution in [-0.2, 0) is 28.7 Å². The van der Waals surface area contributed by atoms with E-state index >= 15 is 0 Å². The van der Waals surface area contributed by atoms with Crippen LogP contribution in [0.15, 0.2) is 46.7 Å². The standard InChI is InChI=1S/C21H20F3N3O2S2/c22-18-4-1-3-14(12-27-6-2-7-27)17(18)11-25-16-9-19(23)21(20(24)10-16)31(28,29)13-15-5-8-30-26-15/h1,3-5,8-10,25H,2,6-7,11-13H2. The second kappa shape index (κ2) is 8.97. The first-order valence-electron chi connectivity index (χ1n) is 9.67. The third-order valence-electron chi connectivity index (χ3n) is 5.17. The van der Waals surface area contributed by atoms with Crippen molar-refractivity contribution in [3.8, 4) is 0 Å². The van der Waals surface area contributed by atoms with Crippen LogP contribution in [0.5, 0.6) is 0 Å². The Balaban J connectivity index is 1.53. The predicted molar refractivity (Wildman–Crippen MR) is 113 cm³/mol. The minimum atomic E-state index is -4.25. The summed E-state index contributed by atoms with van der Waals surface area (Å²) in [4.78, 5) is 1.19. The van der Waals surface area contributed by atoms with E-state index in [-0.39, 0.29) is 17.9 Å². The lowest BCUT2D eigenvalue weighted by Crippen LogP contribution is -2.36. The molecule has 0 saturated carbocycles. The molecule has 0 aliphatic carbocycles. The highest BCUT2D eigenvalue weighted by molar-refractivity contribution is 7.90. The van der Waals surface area contributed by atoms with Gasteiger partial charge in [-0.3, -0.25) is 4.90 Å². The van der Waals surface area contributed by atoms with E-state index in [2.05, 4.69) is 14.6 Å². The maximum Gasteiger partial charge on any atom is 0.189 e. The van der Waals surface area contributed by atoms with Crippen LogP contribution in [0.3, 0.4) is 0 Å². The summed E-state index contributed by atoms with van der Waals surface area (Å²) in [5.74, 6) is -3.40. The van der Waals surface area contributed by atoms with Crippen molar-refractivity contribution in [3.05, 3.63) is 76.1 Å². The fourth-order valence-electron chi connectivity index (χ4n) is 3.46. The summed E-state index contributed by atoms with van der Waals surface area (Å²) < 4.78 is 72.4. The second-order valence-electron chi connectivity index (χ2n) is 7.38. The smallest absolute Gasteiger partial charge is 0.189 e. The number of sulfone groups is 1. The van der Waals surface area contributed by atoms with E-state index < -0.39 is 37.9 Å². The molecule has 5 nitrogen and oxygen atoms in total. The van der Waals surface area contributed by atoms with Gasteiger partial charge in [-0.1, -0.05) is 12.1 Å². The number of nitrogens with one attached hydrogen (secondary N) is 1. The predicted octanol–water partition coefficient (Wildman–Crippen LogP) is 4.35. The van der Waals surface area contributed by atoms with Gasteiger partial charge in [-0.15, -0.1) is 0 Å². The van der Waals surface area contributed by atoms with Gasteiger partial charge in [0.1, 0.15) is 22.3 Å². The van der Waals surface area contributed by atoms with Crippen molar-refractivity contribution in [2.24, 2.45) is 0 Å². The molecule has 0 unspecified atom stereocenters. The summed E-state index contributed by atoms with van der Waals surface area (Å²) >= 11 is 1.06. The van der Waals surface area contributed by atoms with Crippen molar-refractivity contribution in [2.75, 3.05) is 18.4 Å². The molecule has 31 heavy (non-hydrogen) atoms. The molecule has 164 valence electrons. The molecule has 3 aromatic rings. The first kappa shape index (κ1) is 21.8. The van der Waals surface area contributed by atoms with E-state index in [1.165, 1.54) is 12.1 Å². The first-order valence-corrected chi connectivity index (χ1v) is 12.2. The Hall–Kier alpha value is -2.43. The van der Waals surface area contributed by atoms with Crippen molar-refractivity contribution < 1.29 is 21.6 Å². The van der Waals surface area contributed by atoms with Crippen molar-refractivity contribution >= 4 is 27.1 Å². The number of anilines is 1. The summed E-state index contributed by atoms with van der Waals surface area (Å²) in [5.41, 5.74) is 1.46. The minimum absolute atomic E-state index is 0.0135. The van der Waals surface area contributed by atoms with E-state index in [4.69, 9.17) is 0 Å². The third kappa shape index (κ3) is 4.91. The molecular formula is C21H20F3N3O2S2. The van der Waals surface area contributed by atoms with E-state index in [0.717, 1.165) is 48.7 Å². The van der Waals surface area contributed by atoms with Crippen molar-refractivity contribution in [1.29, 1.82) is 0 Å². The van der Waals surface area contributed by atoms with Gasteiger partial charge in [-0.05, 0) is 60.9 Å². The number of aromatic nitrogens is 1. The number of benzene rings is 2. The highest BCUT2D eigenvalue weighted by Gasteiger charge is 2.26. The van der Waals surface area contributed by atoms with Gasteiger partial charge in [-0.25, -0.2) is 21.6 Å². The van der Waals surface area contributed by atoms with Crippen molar-refractivity contribution in [3.63, 3.8) is 0 Å². The highest BCUT2D eigenvalue weighted by atomic mass is 32.2. The van der Waals surface area contributed by atoms with Crippen LogP contribution in [0, 0.1) is 17.5 Å². The fraction of sp³-hybridized carbons (Fsp3) is 0.286.